The van der Waals surface area contributed by atoms with Gasteiger partial charge in [-0.25, -0.2) is 15.0 Å². The number of nitrogens with zero attached hydrogens (tertiary/aromatic N) is 4. The number of imidazole rings is 1. The third-order valence-electron chi connectivity index (χ3n) is 1.58. The van der Waals surface area contributed by atoms with Gasteiger partial charge in [-0.2, -0.15) is 0 Å². The third kappa shape index (κ3) is 1.75. The molecule has 0 saturated heterocycles. The van der Waals surface area contributed by atoms with E-state index in [4.69, 9.17) is 0 Å². The summed E-state index contributed by atoms with van der Waals surface area (Å²) in [5.74, 6) is 0.641. The molecule has 13 heavy (non-hydrogen) atoms. The fraction of sp³-hybridized carbons (Fsp3) is 0.125. The van der Waals surface area contributed by atoms with Crippen LogP contribution in [0.25, 0.3) is 5.95 Å². The lowest BCUT2D eigenvalue weighted by Crippen LogP contribution is -1.98. The van der Waals surface area contributed by atoms with Crippen LogP contribution in [0.1, 0.15) is 5.56 Å². The van der Waals surface area contributed by atoms with Crippen molar-refractivity contribution in [3.8, 4) is 5.95 Å². The maximum atomic E-state index is 4.17. The van der Waals surface area contributed by atoms with Crippen molar-refractivity contribution >= 4 is 15.9 Å². The Hall–Kier alpha value is -1.23. The van der Waals surface area contributed by atoms with E-state index in [1.807, 2.05) is 6.20 Å². The average molecular weight is 239 g/mol. The van der Waals surface area contributed by atoms with Gasteiger partial charge < -0.3 is 0 Å². The van der Waals surface area contributed by atoms with Gasteiger partial charge in [-0.1, -0.05) is 15.9 Å². The first kappa shape index (κ1) is 8.37. The second-order valence-electron chi connectivity index (χ2n) is 2.49. The van der Waals surface area contributed by atoms with Crippen molar-refractivity contribution in [1.29, 1.82) is 0 Å². The highest BCUT2D eigenvalue weighted by molar-refractivity contribution is 9.08. The van der Waals surface area contributed by atoms with E-state index >= 15 is 0 Å². The Morgan fingerprint density at radius 2 is 2.08 bits per heavy atom. The monoisotopic (exact) mass is 238 g/mol. The fourth-order valence-electron chi connectivity index (χ4n) is 0.928. The van der Waals surface area contributed by atoms with Gasteiger partial charge >= 0.3 is 0 Å². The van der Waals surface area contributed by atoms with Crippen molar-refractivity contribution in [2.45, 2.75) is 5.33 Å². The van der Waals surface area contributed by atoms with Crippen LogP contribution in [0.3, 0.4) is 0 Å². The molecule has 0 amide bonds. The van der Waals surface area contributed by atoms with E-state index in [1.54, 1.807) is 29.5 Å². The molecule has 0 saturated carbocycles. The van der Waals surface area contributed by atoms with Crippen molar-refractivity contribution in [3.05, 3.63) is 36.7 Å². The Bertz CT molecular complexity index is 368. The molecule has 0 spiro atoms. The number of alkyl halides is 1. The second kappa shape index (κ2) is 3.66. The van der Waals surface area contributed by atoms with E-state index in [0.29, 0.717) is 5.95 Å². The normalized spacial score (nSPS) is 10.2. The molecule has 2 aromatic rings. The fourth-order valence-corrected chi connectivity index (χ4v) is 1.22. The van der Waals surface area contributed by atoms with E-state index in [-0.39, 0.29) is 0 Å². The average Bonchev–Trinajstić information content (AvgIpc) is 2.71. The number of hydrogen-bond acceptors (Lipinski definition) is 3. The Morgan fingerprint density at radius 3 is 2.62 bits per heavy atom. The summed E-state index contributed by atoms with van der Waals surface area (Å²) in [6.07, 6.45) is 8.75. The van der Waals surface area contributed by atoms with Gasteiger partial charge in [0.25, 0.3) is 0 Å². The van der Waals surface area contributed by atoms with E-state index in [0.717, 1.165) is 10.9 Å². The highest BCUT2D eigenvalue weighted by atomic mass is 79.9. The standard InChI is InChI=1S/C8H7BrN4/c9-3-7-4-11-8(12-5-7)13-2-1-10-6-13/h1-2,4-6H,3H2. The van der Waals surface area contributed by atoms with Gasteiger partial charge in [-0.15, -0.1) is 0 Å². The van der Waals surface area contributed by atoms with Gasteiger partial charge in [-0.05, 0) is 5.56 Å². The van der Waals surface area contributed by atoms with Crippen LogP contribution in [-0.4, -0.2) is 19.5 Å². The summed E-state index contributed by atoms with van der Waals surface area (Å²) < 4.78 is 1.76. The molecular weight excluding hydrogens is 232 g/mol. The maximum absolute atomic E-state index is 4.17. The molecule has 5 heteroatoms. The molecule has 0 unspecified atom stereocenters. The molecular formula is C8H7BrN4. The van der Waals surface area contributed by atoms with E-state index < -0.39 is 0 Å². The topological polar surface area (TPSA) is 43.6 Å². The minimum Gasteiger partial charge on any atom is -0.274 e. The zero-order valence-electron chi connectivity index (χ0n) is 6.76. The second-order valence-corrected chi connectivity index (χ2v) is 3.06. The number of aromatic nitrogens is 4. The first-order valence-corrected chi connectivity index (χ1v) is 4.87. The van der Waals surface area contributed by atoms with Crippen LogP contribution in [0.2, 0.25) is 0 Å². The first-order valence-electron chi connectivity index (χ1n) is 3.75. The van der Waals surface area contributed by atoms with Gasteiger partial charge in [0.05, 0.1) is 0 Å². The highest BCUT2D eigenvalue weighted by Gasteiger charge is 1.97. The molecule has 66 valence electrons. The zero-order chi connectivity index (χ0) is 9.10. The number of hydrogen-bond donors (Lipinski definition) is 0. The zero-order valence-corrected chi connectivity index (χ0v) is 8.35. The molecule has 0 aliphatic rings. The molecule has 0 aromatic carbocycles. The quantitative estimate of drug-likeness (QED) is 0.747. The number of halogens is 1. The van der Waals surface area contributed by atoms with Crippen LogP contribution in [0.4, 0.5) is 0 Å². The Kier molecular flexibility index (Phi) is 2.35. The lowest BCUT2D eigenvalue weighted by atomic mass is 10.4. The molecule has 0 N–H and O–H groups in total. The summed E-state index contributed by atoms with van der Waals surface area (Å²) in [5.41, 5.74) is 1.06. The third-order valence-corrected chi connectivity index (χ3v) is 2.23. The lowest BCUT2D eigenvalue weighted by molar-refractivity contribution is 0.917. The molecule has 0 bridgehead atoms. The summed E-state index contributed by atoms with van der Waals surface area (Å²) in [6.45, 7) is 0. The van der Waals surface area contributed by atoms with Crippen LogP contribution in [0.15, 0.2) is 31.1 Å². The van der Waals surface area contributed by atoms with Crippen LogP contribution in [0.5, 0.6) is 0 Å². The van der Waals surface area contributed by atoms with Crippen LogP contribution >= 0.6 is 15.9 Å². The molecule has 0 fully saturated rings. The highest BCUT2D eigenvalue weighted by Crippen LogP contribution is 2.04. The van der Waals surface area contributed by atoms with Crippen LogP contribution in [0, 0.1) is 0 Å². The van der Waals surface area contributed by atoms with E-state index in [9.17, 15) is 0 Å². The van der Waals surface area contributed by atoms with Gasteiger partial charge in [0.2, 0.25) is 5.95 Å². The predicted molar refractivity (Wildman–Crippen MR) is 51.8 cm³/mol. The number of rotatable bonds is 2. The smallest absolute Gasteiger partial charge is 0.234 e. The Morgan fingerprint density at radius 1 is 1.31 bits per heavy atom. The minimum atomic E-state index is 0.641. The predicted octanol–water partition coefficient (Wildman–Crippen LogP) is 1.56. The van der Waals surface area contributed by atoms with Crippen molar-refractivity contribution in [3.63, 3.8) is 0 Å². The van der Waals surface area contributed by atoms with Crippen molar-refractivity contribution in [2.75, 3.05) is 0 Å². The maximum Gasteiger partial charge on any atom is 0.234 e. The Balaban J connectivity index is 2.33. The van der Waals surface area contributed by atoms with E-state index in [1.165, 1.54) is 0 Å². The van der Waals surface area contributed by atoms with Crippen LogP contribution < -0.4 is 0 Å². The molecule has 2 heterocycles. The molecule has 4 nitrogen and oxygen atoms in total. The SMILES string of the molecule is BrCc1cnc(-n2ccnc2)nc1. The van der Waals surface area contributed by atoms with Gasteiger partial charge in [0.1, 0.15) is 6.33 Å². The molecule has 0 aliphatic carbocycles. The summed E-state index contributed by atoms with van der Waals surface area (Å²) in [6, 6.07) is 0. The van der Waals surface area contributed by atoms with Crippen molar-refractivity contribution in [2.24, 2.45) is 0 Å². The largest absolute Gasteiger partial charge is 0.274 e. The summed E-state index contributed by atoms with van der Waals surface area (Å²) in [4.78, 5) is 12.3. The molecule has 0 atom stereocenters. The minimum absolute atomic E-state index is 0.641. The van der Waals surface area contributed by atoms with Gasteiger partial charge in [0.15, 0.2) is 0 Å². The van der Waals surface area contributed by atoms with Gasteiger partial charge in [-0.3, -0.25) is 4.57 Å². The molecule has 0 aliphatic heterocycles. The molecule has 2 aromatic heterocycles. The summed E-state index contributed by atoms with van der Waals surface area (Å²) in [7, 11) is 0. The summed E-state index contributed by atoms with van der Waals surface area (Å²) >= 11 is 3.33. The lowest BCUT2D eigenvalue weighted by Gasteiger charge is -1.99. The van der Waals surface area contributed by atoms with E-state index in [2.05, 4.69) is 30.9 Å². The first-order chi connectivity index (χ1) is 6.40. The molecule has 0 radical (unpaired) electrons. The van der Waals surface area contributed by atoms with Gasteiger partial charge in [0, 0.05) is 30.1 Å². The van der Waals surface area contributed by atoms with Crippen LogP contribution in [-0.2, 0) is 5.33 Å². The van der Waals surface area contributed by atoms with Crippen molar-refractivity contribution < 1.29 is 0 Å². The molecule has 2 rings (SSSR count). The summed E-state index contributed by atoms with van der Waals surface area (Å²) in [5, 5.41) is 0.775. The Labute approximate surface area is 83.8 Å². The van der Waals surface area contributed by atoms with Crippen molar-refractivity contribution in [1.82, 2.24) is 19.5 Å².